The van der Waals surface area contributed by atoms with Crippen LogP contribution in [0.2, 0.25) is 5.02 Å². The Morgan fingerprint density at radius 3 is 2.90 bits per heavy atom. The summed E-state index contributed by atoms with van der Waals surface area (Å²) in [7, 11) is 0. The van der Waals surface area contributed by atoms with E-state index in [-0.39, 0.29) is 11.9 Å². The van der Waals surface area contributed by atoms with E-state index in [9.17, 15) is 4.79 Å². The van der Waals surface area contributed by atoms with Gasteiger partial charge in [0.2, 0.25) is 0 Å². The van der Waals surface area contributed by atoms with Crippen LogP contribution in [0.4, 0.5) is 5.69 Å². The summed E-state index contributed by atoms with van der Waals surface area (Å²) in [5.74, 6) is 0.616. The van der Waals surface area contributed by atoms with Crippen LogP contribution in [-0.4, -0.2) is 12.5 Å². The van der Waals surface area contributed by atoms with Gasteiger partial charge >= 0.3 is 0 Å². The van der Waals surface area contributed by atoms with Crippen molar-refractivity contribution in [3.8, 4) is 5.75 Å². The highest BCUT2D eigenvalue weighted by Gasteiger charge is 2.25. The van der Waals surface area contributed by atoms with Crippen LogP contribution in [0.3, 0.4) is 0 Å². The first-order valence-electron chi connectivity index (χ1n) is 6.23. The summed E-state index contributed by atoms with van der Waals surface area (Å²) in [6.07, 6.45) is 0. The van der Waals surface area contributed by atoms with Gasteiger partial charge in [-0.2, -0.15) is 0 Å². The van der Waals surface area contributed by atoms with E-state index < -0.39 is 0 Å². The van der Waals surface area contributed by atoms with Gasteiger partial charge < -0.3 is 15.8 Å². The number of halogens is 1. The molecule has 0 aliphatic carbocycles. The zero-order chi connectivity index (χ0) is 14.1. The fourth-order valence-corrected chi connectivity index (χ4v) is 2.37. The van der Waals surface area contributed by atoms with Crippen LogP contribution in [0.25, 0.3) is 0 Å². The van der Waals surface area contributed by atoms with Crippen molar-refractivity contribution in [2.45, 2.75) is 6.04 Å². The molecule has 0 fully saturated rings. The molecule has 0 saturated carbocycles. The van der Waals surface area contributed by atoms with Gasteiger partial charge in [-0.25, -0.2) is 0 Å². The number of nitrogen functional groups attached to an aromatic ring is 1. The van der Waals surface area contributed by atoms with Crippen molar-refractivity contribution in [3.05, 3.63) is 58.6 Å². The second kappa shape index (κ2) is 5.06. The maximum Gasteiger partial charge on any atom is 0.251 e. The van der Waals surface area contributed by atoms with Gasteiger partial charge in [0.25, 0.3) is 5.91 Å². The minimum atomic E-state index is -0.197. The molecule has 1 aliphatic heterocycles. The lowest BCUT2D eigenvalue weighted by Gasteiger charge is -2.12. The van der Waals surface area contributed by atoms with E-state index in [1.807, 2.05) is 24.3 Å². The van der Waals surface area contributed by atoms with Gasteiger partial charge in [-0.15, -0.1) is 0 Å². The van der Waals surface area contributed by atoms with Crippen LogP contribution in [0.1, 0.15) is 22.0 Å². The van der Waals surface area contributed by atoms with Crippen LogP contribution in [-0.2, 0) is 0 Å². The summed E-state index contributed by atoms with van der Waals surface area (Å²) in [4.78, 5) is 12.2. The average molecular weight is 289 g/mol. The summed E-state index contributed by atoms with van der Waals surface area (Å²) in [6, 6.07) is 12.4. The van der Waals surface area contributed by atoms with Crippen LogP contribution in [0.5, 0.6) is 5.75 Å². The quantitative estimate of drug-likeness (QED) is 0.835. The number of carbonyl (C=O) groups is 1. The lowest BCUT2D eigenvalue weighted by Crippen LogP contribution is -2.29. The normalized spacial score (nSPS) is 16.4. The molecule has 1 unspecified atom stereocenters. The molecular formula is C15H13ClN2O2. The topological polar surface area (TPSA) is 64.4 Å². The lowest BCUT2D eigenvalue weighted by atomic mass is 10.1. The van der Waals surface area contributed by atoms with Gasteiger partial charge in [0.05, 0.1) is 16.8 Å². The van der Waals surface area contributed by atoms with E-state index in [2.05, 4.69) is 5.32 Å². The number of rotatable bonds is 2. The number of para-hydroxylation sites is 1. The Morgan fingerprint density at radius 1 is 1.30 bits per heavy atom. The van der Waals surface area contributed by atoms with Gasteiger partial charge in [-0.1, -0.05) is 29.8 Å². The van der Waals surface area contributed by atoms with Crippen LogP contribution < -0.4 is 15.8 Å². The third-order valence-electron chi connectivity index (χ3n) is 3.27. The maximum atomic E-state index is 12.2. The molecule has 3 N–H and O–H groups in total. The summed E-state index contributed by atoms with van der Waals surface area (Å²) < 4.78 is 5.53. The zero-order valence-electron chi connectivity index (χ0n) is 10.6. The number of anilines is 1. The minimum absolute atomic E-state index is 0.143. The van der Waals surface area contributed by atoms with Crippen LogP contribution in [0.15, 0.2) is 42.5 Å². The first-order valence-corrected chi connectivity index (χ1v) is 6.60. The Balaban J connectivity index is 1.79. The molecule has 2 aromatic carbocycles. The maximum absolute atomic E-state index is 12.2. The Hall–Kier alpha value is -2.20. The van der Waals surface area contributed by atoms with Crippen molar-refractivity contribution >= 4 is 23.2 Å². The summed E-state index contributed by atoms with van der Waals surface area (Å²) in [5, 5.41) is 3.31. The van der Waals surface area contributed by atoms with Crippen molar-refractivity contribution in [1.29, 1.82) is 0 Å². The molecule has 1 atom stereocenters. The Bertz CT molecular complexity index is 673. The van der Waals surface area contributed by atoms with Gasteiger partial charge in [0.15, 0.2) is 0 Å². The van der Waals surface area contributed by atoms with Crippen molar-refractivity contribution in [2.75, 3.05) is 12.3 Å². The highest BCUT2D eigenvalue weighted by atomic mass is 35.5. The molecule has 0 radical (unpaired) electrons. The standard InChI is InChI=1S/C15H13ClN2O2/c16-11-7-9(5-6-12(11)17)15(19)18-13-8-20-14-4-2-1-3-10(13)14/h1-7,13H,8,17H2,(H,18,19). The molecule has 102 valence electrons. The highest BCUT2D eigenvalue weighted by Crippen LogP contribution is 2.32. The Labute approximate surface area is 121 Å². The third kappa shape index (κ3) is 2.30. The Kier molecular flexibility index (Phi) is 3.24. The molecular weight excluding hydrogens is 276 g/mol. The van der Waals surface area contributed by atoms with Crippen LogP contribution >= 0.6 is 11.6 Å². The fourth-order valence-electron chi connectivity index (χ4n) is 2.19. The first-order chi connectivity index (χ1) is 9.65. The van der Waals surface area contributed by atoms with E-state index >= 15 is 0 Å². The SMILES string of the molecule is Nc1ccc(C(=O)NC2COc3ccccc32)cc1Cl. The molecule has 20 heavy (non-hydrogen) atoms. The monoisotopic (exact) mass is 288 g/mol. The molecule has 3 rings (SSSR count). The van der Waals surface area contributed by atoms with Crippen molar-refractivity contribution in [3.63, 3.8) is 0 Å². The predicted octanol–water partition coefficient (Wildman–Crippen LogP) is 2.79. The molecule has 0 aromatic heterocycles. The second-order valence-corrected chi connectivity index (χ2v) is 5.02. The molecule has 0 saturated heterocycles. The predicted molar refractivity (Wildman–Crippen MR) is 78.0 cm³/mol. The average Bonchev–Trinajstić information content (AvgIpc) is 2.85. The minimum Gasteiger partial charge on any atom is -0.491 e. The third-order valence-corrected chi connectivity index (χ3v) is 3.60. The van der Waals surface area contributed by atoms with Crippen molar-refractivity contribution < 1.29 is 9.53 Å². The number of hydrogen-bond acceptors (Lipinski definition) is 3. The number of amides is 1. The number of nitrogens with one attached hydrogen (secondary N) is 1. The molecule has 5 heteroatoms. The van der Waals surface area contributed by atoms with Crippen LogP contribution in [0, 0.1) is 0 Å². The van der Waals surface area contributed by atoms with Gasteiger partial charge in [0, 0.05) is 11.1 Å². The fraction of sp³-hybridized carbons (Fsp3) is 0.133. The number of ether oxygens (including phenoxy) is 1. The first kappa shape index (κ1) is 12.8. The van der Waals surface area contributed by atoms with E-state index in [0.717, 1.165) is 11.3 Å². The Morgan fingerprint density at radius 2 is 2.10 bits per heavy atom. The molecule has 1 amide bonds. The summed E-state index contributed by atoms with van der Waals surface area (Å²) in [5.41, 5.74) is 7.56. The molecule has 1 aliphatic rings. The van der Waals surface area contributed by atoms with Crippen molar-refractivity contribution in [2.24, 2.45) is 0 Å². The number of hydrogen-bond donors (Lipinski definition) is 2. The van der Waals surface area contributed by atoms with E-state index in [4.69, 9.17) is 22.1 Å². The lowest BCUT2D eigenvalue weighted by molar-refractivity contribution is 0.0930. The highest BCUT2D eigenvalue weighted by molar-refractivity contribution is 6.33. The second-order valence-electron chi connectivity index (χ2n) is 4.61. The summed E-state index contributed by atoms with van der Waals surface area (Å²) in [6.45, 7) is 0.438. The molecule has 0 spiro atoms. The largest absolute Gasteiger partial charge is 0.491 e. The van der Waals surface area contributed by atoms with E-state index in [1.54, 1.807) is 18.2 Å². The zero-order valence-corrected chi connectivity index (χ0v) is 11.4. The van der Waals surface area contributed by atoms with E-state index in [1.165, 1.54) is 0 Å². The molecule has 4 nitrogen and oxygen atoms in total. The van der Waals surface area contributed by atoms with E-state index in [0.29, 0.717) is 22.9 Å². The van der Waals surface area contributed by atoms with Gasteiger partial charge in [0.1, 0.15) is 12.4 Å². The molecule has 2 aromatic rings. The number of fused-ring (bicyclic) bond motifs is 1. The number of nitrogens with two attached hydrogens (primary N) is 1. The summed E-state index contributed by atoms with van der Waals surface area (Å²) >= 11 is 5.93. The van der Waals surface area contributed by atoms with Gasteiger partial charge in [-0.3, -0.25) is 4.79 Å². The number of benzene rings is 2. The smallest absolute Gasteiger partial charge is 0.251 e. The van der Waals surface area contributed by atoms with Gasteiger partial charge in [-0.05, 0) is 24.3 Å². The van der Waals surface area contributed by atoms with Crippen molar-refractivity contribution in [1.82, 2.24) is 5.32 Å². The molecule has 0 bridgehead atoms. The number of carbonyl (C=O) groups excluding carboxylic acids is 1. The molecule has 1 heterocycles.